The first-order valence-electron chi connectivity index (χ1n) is 11.4. The summed E-state index contributed by atoms with van der Waals surface area (Å²) in [5.41, 5.74) is 3.14. The molecule has 0 radical (unpaired) electrons. The lowest BCUT2D eigenvalue weighted by Crippen LogP contribution is -2.30. The predicted octanol–water partition coefficient (Wildman–Crippen LogP) is 3.67. The zero-order valence-corrected chi connectivity index (χ0v) is 18.8. The lowest BCUT2D eigenvalue weighted by Gasteiger charge is -2.19. The number of fused-ring (bicyclic) bond motifs is 1. The van der Waals surface area contributed by atoms with E-state index in [9.17, 15) is 9.59 Å². The molecule has 0 aliphatic carbocycles. The van der Waals surface area contributed by atoms with E-state index in [2.05, 4.69) is 26.0 Å². The van der Waals surface area contributed by atoms with Gasteiger partial charge in [0.05, 0.1) is 6.42 Å². The van der Waals surface area contributed by atoms with E-state index in [1.54, 1.807) is 0 Å². The molecule has 1 fully saturated rings. The largest absolute Gasteiger partial charge is 0.342 e. The molecule has 2 amide bonds. The van der Waals surface area contributed by atoms with E-state index >= 15 is 0 Å². The number of nitrogens with zero attached hydrogens (tertiary/aromatic N) is 4. The van der Waals surface area contributed by atoms with Gasteiger partial charge in [0.25, 0.3) is 0 Å². The molecule has 3 heterocycles. The van der Waals surface area contributed by atoms with Crippen LogP contribution < -0.4 is 4.90 Å². The molecule has 1 atom stereocenters. The van der Waals surface area contributed by atoms with Crippen molar-refractivity contribution in [1.82, 2.24) is 14.9 Å². The van der Waals surface area contributed by atoms with Crippen LogP contribution in [-0.2, 0) is 22.4 Å². The third-order valence-corrected chi connectivity index (χ3v) is 6.27. The summed E-state index contributed by atoms with van der Waals surface area (Å²) in [5, 5.41) is 0. The second-order valence-corrected chi connectivity index (χ2v) is 9.20. The van der Waals surface area contributed by atoms with Gasteiger partial charge >= 0.3 is 0 Å². The molecule has 1 aromatic heterocycles. The zero-order chi connectivity index (χ0) is 22.0. The summed E-state index contributed by atoms with van der Waals surface area (Å²) in [6.45, 7) is 8.21. The van der Waals surface area contributed by atoms with Crippen LogP contribution in [0.2, 0.25) is 0 Å². The van der Waals surface area contributed by atoms with E-state index in [1.165, 1.54) is 5.56 Å². The topological polar surface area (TPSA) is 66.4 Å². The van der Waals surface area contributed by atoms with Gasteiger partial charge in [-0.25, -0.2) is 9.97 Å². The van der Waals surface area contributed by atoms with Crippen molar-refractivity contribution in [3.05, 3.63) is 53.0 Å². The second kappa shape index (κ2) is 9.16. The fraction of sp³-hybridized carbons (Fsp3) is 0.520. The highest BCUT2D eigenvalue weighted by molar-refractivity contribution is 6.00. The van der Waals surface area contributed by atoms with Crippen LogP contribution in [0.15, 0.2) is 30.3 Å². The van der Waals surface area contributed by atoms with Crippen molar-refractivity contribution in [3.8, 4) is 0 Å². The number of anilines is 1. The van der Waals surface area contributed by atoms with Crippen LogP contribution in [0.3, 0.4) is 0 Å². The van der Waals surface area contributed by atoms with Crippen LogP contribution in [0.1, 0.15) is 61.7 Å². The smallest absolute Gasteiger partial charge is 0.232 e. The summed E-state index contributed by atoms with van der Waals surface area (Å²) in [6.07, 6.45) is 3.68. The van der Waals surface area contributed by atoms with E-state index in [0.717, 1.165) is 48.7 Å². The van der Waals surface area contributed by atoms with Crippen LogP contribution in [0, 0.1) is 12.8 Å². The van der Waals surface area contributed by atoms with Gasteiger partial charge in [-0.05, 0) is 37.7 Å². The molecule has 0 N–H and O–H groups in total. The van der Waals surface area contributed by atoms with E-state index < -0.39 is 0 Å². The Bertz CT molecular complexity index is 957. The fourth-order valence-electron chi connectivity index (χ4n) is 4.57. The van der Waals surface area contributed by atoms with Crippen molar-refractivity contribution in [1.29, 1.82) is 0 Å². The molecule has 0 bridgehead atoms. The summed E-state index contributed by atoms with van der Waals surface area (Å²) in [6, 6.07) is 10.4. The normalized spacial score (nSPS) is 18.2. The first-order valence-corrected chi connectivity index (χ1v) is 11.4. The van der Waals surface area contributed by atoms with Crippen molar-refractivity contribution in [2.45, 2.75) is 58.8 Å². The fourth-order valence-corrected chi connectivity index (χ4v) is 4.57. The van der Waals surface area contributed by atoms with Crippen molar-refractivity contribution in [3.63, 3.8) is 0 Å². The first-order chi connectivity index (χ1) is 14.9. The molecule has 2 aromatic rings. The van der Waals surface area contributed by atoms with Crippen molar-refractivity contribution < 1.29 is 9.59 Å². The van der Waals surface area contributed by atoms with Crippen LogP contribution >= 0.6 is 0 Å². The lowest BCUT2D eigenvalue weighted by molar-refractivity contribution is -0.130. The molecule has 0 saturated carbocycles. The van der Waals surface area contributed by atoms with Gasteiger partial charge in [-0.3, -0.25) is 14.5 Å². The predicted molar refractivity (Wildman–Crippen MR) is 121 cm³/mol. The highest BCUT2D eigenvalue weighted by Crippen LogP contribution is 2.33. The lowest BCUT2D eigenvalue weighted by atomic mass is 10.1. The zero-order valence-electron chi connectivity index (χ0n) is 18.8. The van der Waals surface area contributed by atoms with Gasteiger partial charge in [0, 0.05) is 43.2 Å². The summed E-state index contributed by atoms with van der Waals surface area (Å²) >= 11 is 0. The Morgan fingerprint density at radius 1 is 1.19 bits per heavy atom. The Balaban J connectivity index is 1.46. The Morgan fingerprint density at radius 2 is 1.97 bits per heavy atom. The van der Waals surface area contributed by atoms with Gasteiger partial charge in [0.15, 0.2) is 0 Å². The third kappa shape index (κ3) is 4.78. The van der Waals surface area contributed by atoms with Gasteiger partial charge < -0.3 is 4.90 Å². The van der Waals surface area contributed by atoms with Crippen molar-refractivity contribution in [2.24, 2.45) is 5.92 Å². The standard InChI is InChI=1S/C25H32N4O2/c1-17(2)14-22(30)28-13-11-20(16-28)24-26-18(3)21-15-23(31)29(25(21)27-24)12-7-10-19-8-5-4-6-9-19/h4-6,8-9,17,20H,7,10-16H2,1-3H3/t20-/m1/s1. The number of likely N-dealkylation sites (tertiary alicyclic amines) is 1. The summed E-state index contributed by atoms with van der Waals surface area (Å²) in [4.78, 5) is 38.6. The SMILES string of the molecule is Cc1nc([C@@H]2CCN(C(=O)CC(C)C)C2)nc2c1CC(=O)N2CCCc1ccccc1. The highest BCUT2D eigenvalue weighted by Gasteiger charge is 2.34. The molecular weight excluding hydrogens is 388 g/mol. The first kappa shape index (κ1) is 21.5. The molecule has 164 valence electrons. The number of aryl methyl sites for hydroxylation is 2. The van der Waals surface area contributed by atoms with Crippen LogP contribution in [0.4, 0.5) is 5.82 Å². The molecule has 6 nitrogen and oxygen atoms in total. The van der Waals surface area contributed by atoms with Gasteiger partial charge in [-0.15, -0.1) is 0 Å². The average molecular weight is 421 g/mol. The summed E-state index contributed by atoms with van der Waals surface area (Å²) in [7, 11) is 0. The van der Waals surface area contributed by atoms with Crippen LogP contribution in [0.5, 0.6) is 0 Å². The maximum Gasteiger partial charge on any atom is 0.232 e. The van der Waals surface area contributed by atoms with Gasteiger partial charge in [-0.1, -0.05) is 44.2 Å². The third-order valence-electron chi connectivity index (χ3n) is 6.27. The van der Waals surface area contributed by atoms with Crippen molar-refractivity contribution >= 4 is 17.6 Å². The Kier molecular flexibility index (Phi) is 6.35. The van der Waals surface area contributed by atoms with Crippen molar-refractivity contribution in [2.75, 3.05) is 24.5 Å². The quantitative estimate of drug-likeness (QED) is 0.686. The minimum atomic E-state index is 0.109. The number of carbonyl (C=O) groups excluding carboxylic acids is 2. The molecule has 1 aromatic carbocycles. The monoisotopic (exact) mass is 420 g/mol. The highest BCUT2D eigenvalue weighted by atomic mass is 16.2. The summed E-state index contributed by atoms with van der Waals surface area (Å²) < 4.78 is 0. The minimum absolute atomic E-state index is 0.109. The number of hydrogen-bond acceptors (Lipinski definition) is 4. The number of aromatic nitrogens is 2. The maximum atomic E-state index is 12.7. The molecule has 31 heavy (non-hydrogen) atoms. The number of hydrogen-bond donors (Lipinski definition) is 0. The number of rotatable bonds is 7. The van der Waals surface area contributed by atoms with Gasteiger partial charge in [-0.2, -0.15) is 0 Å². The minimum Gasteiger partial charge on any atom is -0.342 e. The summed E-state index contributed by atoms with van der Waals surface area (Å²) in [5.74, 6) is 2.39. The molecule has 2 aliphatic rings. The van der Waals surface area contributed by atoms with E-state index in [4.69, 9.17) is 9.97 Å². The number of benzene rings is 1. The Labute approximate surface area is 184 Å². The second-order valence-electron chi connectivity index (χ2n) is 9.20. The van der Waals surface area contributed by atoms with Crippen LogP contribution in [-0.4, -0.2) is 46.3 Å². The van der Waals surface area contributed by atoms with E-state index in [1.807, 2.05) is 34.9 Å². The average Bonchev–Trinajstić information content (AvgIpc) is 3.34. The Hall–Kier alpha value is -2.76. The molecule has 0 unspecified atom stereocenters. The molecular formula is C25H32N4O2. The maximum absolute atomic E-state index is 12.7. The molecule has 1 saturated heterocycles. The van der Waals surface area contributed by atoms with Gasteiger partial charge in [0.1, 0.15) is 11.6 Å². The number of amides is 2. The molecule has 2 aliphatic heterocycles. The van der Waals surface area contributed by atoms with E-state index in [0.29, 0.717) is 31.8 Å². The van der Waals surface area contributed by atoms with E-state index in [-0.39, 0.29) is 17.7 Å². The molecule has 4 rings (SSSR count). The number of carbonyl (C=O) groups is 2. The van der Waals surface area contributed by atoms with Gasteiger partial charge in [0.2, 0.25) is 11.8 Å². The van der Waals surface area contributed by atoms with Crippen LogP contribution in [0.25, 0.3) is 0 Å². The molecule has 0 spiro atoms. The molecule has 6 heteroatoms. The Morgan fingerprint density at radius 3 is 2.71 bits per heavy atom.